The normalized spacial score (nSPS) is 25.5. The van der Waals surface area contributed by atoms with Gasteiger partial charge in [0.05, 0.1) is 12.7 Å². The van der Waals surface area contributed by atoms with E-state index in [-0.39, 0.29) is 25.2 Å². The zero-order valence-corrected chi connectivity index (χ0v) is 9.72. The largest absolute Gasteiger partial charge is 0.479 e. The minimum absolute atomic E-state index is 0.148. The summed E-state index contributed by atoms with van der Waals surface area (Å²) in [5.41, 5.74) is 5.52. The van der Waals surface area contributed by atoms with E-state index in [1.54, 1.807) is 0 Å². The van der Waals surface area contributed by atoms with Gasteiger partial charge in [0.25, 0.3) is 0 Å². The number of ether oxygens (including phenoxy) is 2. The van der Waals surface area contributed by atoms with Crippen LogP contribution in [0.2, 0.25) is 0 Å². The fourth-order valence-electron chi connectivity index (χ4n) is 1.64. The molecule has 1 fully saturated rings. The molecule has 4 N–H and O–H groups in total. The lowest BCUT2D eigenvalue weighted by atomic mass is 10.2. The van der Waals surface area contributed by atoms with Crippen molar-refractivity contribution in [3.63, 3.8) is 0 Å². The van der Waals surface area contributed by atoms with Gasteiger partial charge in [0, 0.05) is 13.7 Å². The van der Waals surface area contributed by atoms with Crippen molar-refractivity contribution < 1.29 is 24.2 Å². The van der Waals surface area contributed by atoms with E-state index in [1.165, 1.54) is 7.11 Å². The Morgan fingerprint density at radius 3 is 2.82 bits per heavy atom. The number of rotatable bonds is 6. The van der Waals surface area contributed by atoms with Gasteiger partial charge in [-0.1, -0.05) is 0 Å². The van der Waals surface area contributed by atoms with Gasteiger partial charge in [-0.05, 0) is 12.8 Å². The molecule has 98 valence electrons. The average Bonchev–Trinajstić information content (AvgIpc) is 2.75. The summed E-state index contributed by atoms with van der Waals surface area (Å²) in [4.78, 5) is 22.0. The van der Waals surface area contributed by atoms with Crippen LogP contribution >= 0.6 is 0 Å². The molecule has 0 aromatic carbocycles. The van der Waals surface area contributed by atoms with Gasteiger partial charge in [-0.2, -0.15) is 0 Å². The molecule has 1 heterocycles. The van der Waals surface area contributed by atoms with Gasteiger partial charge in [-0.3, -0.25) is 4.79 Å². The summed E-state index contributed by atoms with van der Waals surface area (Å²) in [6.45, 7) is 0.426. The third-order valence-corrected chi connectivity index (χ3v) is 2.57. The molecule has 0 aliphatic carbocycles. The van der Waals surface area contributed by atoms with Crippen molar-refractivity contribution in [3.05, 3.63) is 0 Å². The minimum atomic E-state index is -0.963. The maximum Gasteiger partial charge on any atom is 0.332 e. The summed E-state index contributed by atoms with van der Waals surface area (Å²) in [6.07, 6.45) is 0.0795. The Kier molecular flexibility index (Phi) is 5.33. The van der Waals surface area contributed by atoms with E-state index in [1.807, 2.05) is 0 Å². The summed E-state index contributed by atoms with van der Waals surface area (Å²) >= 11 is 0. The average molecular weight is 246 g/mol. The smallest absolute Gasteiger partial charge is 0.332 e. The van der Waals surface area contributed by atoms with Crippen molar-refractivity contribution in [3.8, 4) is 0 Å². The predicted molar refractivity (Wildman–Crippen MR) is 58.4 cm³/mol. The van der Waals surface area contributed by atoms with Gasteiger partial charge < -0.3 is 25.6 Å². The summed E-state index contributed by atoms with van der Waals surface area (Å²) < 4.78 is 9.98. The lowest BCUT2D eigenvalue weighted by Gasteiger charge is -2.15. The van der Waals surface area contributed by atoms with Gasteiger partial charge in [0.2, 0.25) is 5.91 Å². The van der Waals surface area contributed by atoms with Crippen LogP contribution in [0.15, 0.2) is 0 Å². The van der Waals surface area contributed by atoms with Crippen LogP contribution in [0.5, 0.6) is 0 Å². The number of carbonyl (C=O) groups is 2. The molecule has 0 radical (unpaired) electrons. The number of hydrogen-bond donors (Lipinski definition) is 3. The van der Waals surface area contributed by atoms with E-state index in [9.17, 15) is 9.59 Å². The Morgan fingerprint density at radius 2 is 2.29 bits per heavy atom. The van der Waals surface area contributed by atoms with Crippen molar-refractivity contribution in [1.82, 2.24) is 5.32 Å². The Morgan fingerprint density at radius 1 is 1.59 bits per heavy atom. The van der Waals surface area contributed by atoms with Crippen LogP contribution in [0, 0.1) is 0 Å². The zero-order valence-electron chi connectivity index (χ0n) is 9.72. The molecule has 3 atom stereocenters. The number of nitrogens with one attached hydrogen (secondary N) is 1. The predicted octanol–water partition coefficient (Wildman–Crippen LogP) is -1.29. The maximum absolute atomic E-state index is 11.4. The topological polar surface area (TPSA) is 111 Å². The summed E-state index contributed by atoms with van der Waals surface area (Å²) in [5.74, 6) is -1.29. The quantitative estimate of drug-likeness (QED) is 0.537. The van der Waals surface area contributed by atoms with E-state index in [0.29, 0.717) is 12.8 Å². The molecular formula is C10H18N2O5. The number of aliphatic carboxylic acids is 1. The molecule has 0 saturated carbocycles. The Balaban J connectivity index is 2.23. The summed E-state index contributed by atoms with van der Waals surface area (Å²) in [6, 6.07) is -0.711. The molecule has 3 unspecified atom stereocenters. The first-order valence-corrected chi connectivity index (χ1v) is 5.45. The highest BCUT2D eigenvalue weighted by Crippen LogP contribution is 2.19. The van der Waals surface area contributed by atoms with Crippen LogP contribution in [-0.2, 0) is 19.1 Å². The second kappa shape index (κ2) is 6.53. The summed E-state index contributed by atoms with van der Waals surface area (Å²) in [5, 5.41) is 11.3. The molecule has 1 aliphatic heterocycles. The van der Waals surface area contributed by atoms with Crippen LogP contribution in [0.25, 0.3) is 0 Å². The molecule has 0 aromatic heterocycles. The van der Waals surface area contributed by atoms with Crippen LogP contribution < -0.4 is 11.1 Å². The second-order valence-corrected chi connectivity index (χ2v) is 3.97. The van der Waals surface area contributed by atoms with Crippen molar-refractivity contribution in [2.75, 3.05) is 20.3 Å². The molecule has 7 heteroatoms. The molecular weight excluding hydrogens is 228 g/mol. The van der Waals surface area contributed by atoms with Gasteiger partial charge in [-0.15, -0.1) is 0 Å². The Labute approximate surface area is 99.3 Å². The molecule has 7 nitrogen and oxygen atoms in total. The number of carboxylic acid groups (broad SMARTS) is 1. The number of nitrogens with two attached hydrogens (primary N) is 1. The SMILES string of the molecule is COCC(N)C(=O)NCC1CCC(C(=O)O)O1. The molecule has 1 amide bonds. The van der Waals surface area contributed by atoms with E-state index < -0.39 is 18.1 Å². The molecule has 0 bridgehead atoms. The van der Waals surface area contributed by atoms with Gasteiger partial charge in [0.15, 0.2) is 6.10 Å². The van der Waals surface area contributed by atoms with E-state index in [0.717, 1.165) is 0 Å². The standard InChI is InChI=1S/C10H18N2O5/c1-16-5-7(11)9(13)12-4-6-2-3-8(17-6)10(14)15/h6-8H,2-5,11H2,1H3,(H,12,13)(H,14,15). The molecule has 17 heavy (non-hydrogen) atoms. The first-order valence-electron chi connectivity index (χ1n) is 5.45. The van der Waals surface area contributed by atoms with Crippen molar-refractivity contribution in [2.24, 2.45) is 5.73 Å². The maximum atomic E-state index is 11.4. The number of hydrogen-bond acceptors (Lipinski definition) is 5. The molecule has 1 saturated heterocycles. The van der Waals surface area contributed by atoms with Crippen molar-refractivity contribution in [1.29, 1.82) is 0 Å². The van der Waals surface area contributed by atoms with Crippen molar-refractivity contribution in [2.45, 2.75) is 31.1 Å². The Bertz CT molecular complexity index is 284. The Hall–Kier alpha value is -1.18. The number of methoxy groups -OCH3 is 1. The highest BCUT2D eigenvalue weighted by atomic mass is 16.5. The van der Waals surface area contributed by atoms with Crippen LogP contribution in [0.3, 0.4) is 0 Å². The molecule has 1 aliphatic rings. The highest BCUT2D eigenvalue weighted by molar-refractivity contribution is 5.81. The number of carbonyl (C=O) groups excluding carboxylic acids is 1. The molecule has 0 aromatic rings. The highest BCUT2D eigenvalue weighted by Gasteiger charge is 2.30. The van der Waals surface area contributed by atoms with E-state index in [2.05, 4.69) is 5.32 Å². The minimum Gasteiger partial charge on any atom is -0.479 e. The number of amides is 1. The zero-order chi connectivity index (χ0) is 12.8. The lowest BCUT2D eigenvalue weighted by Crippen LogP contribution is -2.45. The van der Waals surface area contributed by atoms with Gasteiger partial charge in [-0.25, -0.2) is 4.79 Å². The van der Waals surface area contributed by atoms with Crippen LogP contribution in [0.4, 0.5) is 0 Å². The first kappa shape index (κ1) is 13.9. The summed E-state index contributed by atoms with van der Waals surface area (Å²) in [7, 11) is 1.46. The lowest BCUT2D eigenvalue weighted by molar-refractivity contribution is -0.149. The van der Waals surface area contributed by atoms with Gasteiger partial charge in [0.1, 0.15) is 6.04 Å². The van der Waals surface area contributed by atoms with E-state index >= 15 is 0 Å². The monoisotopic (exact) mass is 246 g/mol. The second-order valence-electron chi connectivity index (χ2n) is 3.97. The molecule has 0 spiro atoms. The number of carboxylic acids is 1. The molecule has 1 rings (SSSR count). The fourth-order valence-corrected chi connectivity index (χ4v) is 1.64. The van der Waals surface area contributed by atoms with Crippen LogP contribution in [0.1, 0.15) is 12.8 Å². The third-order valence-electron chi connectivity index (χ3n) is 2.57. The van der Waals surface area contributed by atoms with Crippen LogP contribution in [-0.4, -0.2) is 55.5 Å². The third kappa shape index (κ3) is 4.29. The van der Waals surface area contributed by atoms with Crippen molar-refractivity contribution >= 4 is 11.9 Å². The first-order chi connectivity index (χ1) is 8.04. The van der Waals surface area contributed by atoms with E-state index in [4.69, 9.17) is 20.3 Å². The fraction of sp³-hybridized carbons (Fsp3) is 0.800. The van der Waals surface area contributed by atoms with Gasteiger partial charge >= 0.3 is 5.97 Å².